The molecule has 1 fully saturated rings. The van der Waals surface area contributed by atoms with E-state index in [2.05, 4.69) is 10.6 Å². The Hall–Kier alpha value is -3.99. The minimum atomic E-state index is -1.04. The number of benzene rings is 2. The molecule has 2 aromatic rings. The van der Waals surface area contributed by atoms with Crippen LogP contribution in [0.3, 0.4) is 0 Å². The summed E-state index contributed by atoms with van der Waals surface area (Å²) < 4.78 is 28.2. The predicted octanol–water partition coefficient (Wildman–Crippen LogP) is 1.53. The predicted molar refractivity (Wildman–Crippen MR) is 137 cm³/mol. The molecule has 1 saturated heterocycles. The van der Waals surface area contributed by atoms with Gasteiger partial charge in [-0.1, -0.05) is 0 Å². The van der Waals surface area contributed by atoms with E-state index in [4.69, 9.17) is 23.7 Å². The van der Waals surface area contributed by atoms with Crippen molar-refractivity contribution in [3.05, 3.63) is 47.5 Å². The highest BCUT2D eigenvalue weighted by atomic mass is 16.5. The topological polar surface area (TPSA) is 125 Å². The highest BCUT2D eigenvalue weighted by Gasteiger charge is 2.42. The number of rotatable bonds is 4. The molecule has 2 N–H and O–H groups in total. The molecule has 0 aliphatic carbocycles. The van der Waals surface area contributed by atoms with Crippen molar-refractivity contribution < 1.29 is 38.1 Å². The molecule has 3 aliphatic rings. The highest BCUT2D eigenvalue weighted by Crippen LogP contribution is 2.29. The summed E-state index contributed by atoms with van der Waals surface area (Å²) in [5.74, 6) is 0.750. The number of fused-ring (bicyclic) bond motifs is 7. The Balaban J connectivity index is 1.70. The largest absolute Gasteiger partial charge is 0.497 e. The first-order chi connectivity index (χ1) is 18.1. The van der Waals surface area contributed by atoms with Crippen molar-refractivity contribution in [1.29, 1.82) is 0 Å². The molecule has 3 aliphatic heterocycles. The van der Waals surface area contributed by atoms with Crippen LogP contribution in [0.25, 0.3) is 0 Å². The fourth-order valence-corrected chi connectivity index (χ4v) is 4.33. The van der Waals surface area contributed by atoms with Gasteiger partial charge in [-0.25, -0.2) is 0 Å². The lowest BCUT2D eigenvalue weighted by Crippen LogP contribution is -2.47. The van der Waals surface area contributed by atoms with E-state index in [1.54, 1.807) is 49.1 Å². The van der Waals surface area contributed by atoms with Crippen LogP contribution in [0.1, 0.15) is 29.8 Å². The van der Waals surface area contributed by atoms with E-state index in [1.807, 2.05) is 0 Å². The van der Waals surface area contributed by atoms with E-state index < -0.39 is 23.7 Å². The number of ether oxygens (including phenoxy) is 5. The van der Waals surface area contributed by atoms with Crippen molar-refractivity contribution in [3.8, 4) is 23.0 Å². The number of methoxy groups -OCH3 is 3. The quantitative estimate of drug-likeness (QED) is 0.614. The van der Waals surface area contributed by atoms with Gasteiger partial charge in [-0.15, -0.1) is 0 Å². The fraction of sp³-hybridized carbons (Fsp3) is 0.444. The molecule has 2 aromatic carbocycles. The number of hydrogen-bond acceptors (Lipinski definition) is 8. The Morgan fingerprint density at radius 3 is 2.53 bits per heavy atom. The van der Waals surface area contributed by atoms with Gasteiger partial charge >= 0.3 is 0 Å². The van der Waals surface area contributed by atoms with Crippen LogP contribution in [0.4, 0.5) is 0 Å². The van der Waals surface area contributed by atoms with Crippen LogP contribution in [0.5, 0.6) is 23.0 Å². The third-order valence-corrected chi connectivity index (χ3v) is 6.67. The minimum Gasteiger partial charge on any atom is -0.497 e. The Kier molecular flexibility index (Phi) is 7.96. The van der Waals surface area contributed by atoms with Gasteiger partial charge in [-0.3, -0.25) is 14.4 Å². The summed E-state index contributed by atoms with van der Waals surface area (Å²) in [4.78, 5) is 40.5. The average Bonchev–Trinajstić information content (AvgIpc) is 3.31. The van der Waals surface area contributed by atoms with Crippen LogP contribution in [-0.2, 0) is 20.9 Å². The number of amides is 3. The molecular formula is C27H33N3O8. The SMILES string of the molecule is COc1cc2cc(c1)C(=O)N[C@H]1CN(C(=O)C(C)(C)OC)C[C@@H]1Oc1ccc(c(OC)c1)CNC(=O)CO2. The van der Waals surface area contributed by atoms with Crippen molar-refractivity contribution in [2.45, 2.75) is 38.1 Å². The summed E-state index contributed by atoms with van der Waals surface area (Å²) in [6.07, 6.45) is -0.553. The van der Waals surface area contributed by atoms with Gasteiger partial charge in [0.15, 0.2) is 6.61 Å². The fourth-order valence-electron chi connectivity index (χ4n) is 4.33. The first kappa shape index (κ1) is 27.1. The lowest BCUT2D eigenvalue weighted by atomic mass is 10.1. The van der Waals surface area contributed by atoms with Gasteiger partial charge in [-0.05, 0) is 38.1 Å². The van der Waals surface area contributed by atoms with E-state index in [0.717, 1.165) is 5.56 Å². The number of nitrogens with one attached hydrogen (secondary N) is 2. The molecule has 204 valence electrons. The Bertz CT molecular complexity index is 1210. The Morgan fingerprint density at radius 2 is 1.82 bits per heavy atom. The van der Waals surface area contributed by atoms with Crippen LogP contribution in [-0.4, -0.2) is 81.4 Å². The van der Waals surface area contributed by atoms with Gasteiger partial charge in [0.2, 0.25) is 0 Å². The molecule has 0 aromatic heterocycles. The van der Waals surface area contributed by atoms with Crippen molar-refractivity contribution in [2.75, 3.05) is 41.0 Å². The zero-order valence-electron chi connectivity index (χ0n) is 22.2. The molecule has 5 rings (SSSR count). The molecule has 2 atom stereocenters. The first-order valence-corrected chi connectivity index (χ1v) is 12.2. The second-order valence-corrected chi connectivity index (χ2v) is 9.60. The molecule has 3 amide bonds. The zero-order chi connectivity index (χ0) is 27.4. The van der Waals surface area contributed by atoms with Crippen LogP contribution in [0, 0.1) is 0 Å². The van der Waals surface area contributed by atoms with Crippen molar-refractivity contribution in [1.82, 2.24) is 15.5 Å². The molecule has 38 heavy (non-hydrogen) atoms. The maximum Gasteiger partial charge on any atom is 0.258 e. The van der Waals surface area contributed by atoms with Gasteiger partial charge in [0.1, 0.15) is 34.7 Å². The van der Waals surface area contributed by atoms with Crippen LogP contribution >= 0.6 is 0 Å². The summed E-state index contributed by atoms with van der Waals surface area (Å²) in [5, 5.41) is 5.79. The maximum absolute atomic E-state index is 13.3. The molecule has 11 heteroatoms. The van der Waals surface area contributed by atoms with Crippen molar-refractivity contribution >= 4 is 17.7 Å². The number of likely N-dealkylation sites (tertiary alicyclic amines) is 1. The average molecular weight is 528 g/mol. The van der Waals surface area contributed by atoms with Crippen molar-refractivity contribution in [2.24, 2.45) is 0 Å². The third kappa shape index (κ3) is 5.94. The Labute approximate surface area is 221 Å². The van der Waals surface area contributed by atoms with E-state index in [0.29, 0.717) is 23.0 Å². The summed E-state index contributed by atoms with van der Waals surface area (Å²) in [6, 6.07) is 9.43. The second kappa shape index (κ2) is 11.2. The monoisotopic (exact) mass is 527 g/mol. The first-order valence-electron chi connectivity index (χ1n) is 12.2. The second-order valence-electron chi connectivity index (χ2n) is 9.60. The van der Waals surface area contributed by atoms with Crippen LogP contribution in [0.2, 0.25) is 0 Å². The lowest BCUT2D eigenvalue weighted by molar-refractivity contribution is -0.150. The number of hydrogen-bond donors (Lipinski definition) is 2. The molecular weight excluding hydrogens is 494 g/mol. The van der Waals surface area contributed by atoms with E-state index in [-0.39, 0.29) is 43.6 Å². The molecule has 3 heterocycles. The molecule has 11 nitrogen and oxygen atoms in total. The normalized spacial score (nSPS) is 19.9. The summed E-state index contributed by atoms with van der Waals surface area (Å²) in [7, 11) is 4.49. The maximum atomic E-state index is 13.3. The summed E-state index contributed by atoms with van der Waals surface area (Å²) in [5.41, 5.74) is -0.0162. The van der Waals surface area contributed by atoms with Crippen molar-refractivity contribution in [3.63, 3.8) is 0 Å². The van der Waals surface area contributed by atoms with Gasteiger partial charge < -0.3 is 39.2 Å². The molecule has 0 spiro atoms. The standard InChI is InChI=1S/C27H33N3O8/c1-27(2,36-5)26(33)30-13-21-23(14-30)38-18-7-6-16(22(11-18)35-4)12-28-24(31)15-37-20-9-17(25(32)29-21)8-19(10-20)34-3/h6-11,21,23H,12-15H2,1-5H3,(H,28,31)(H,29,32)/t21-,23-/m0/s1. The number of carbonyl (C=O) groups excluding carboxylic acids is 3. The highest BCUT2D eigenvalue weighted by molar-refractivity contribution is 5.95. The summed E-state index contributed by atoms with van der Waals surface area (Å²) >= 11 is 0. The van der Waals surface area contributed by atoms with Gasteiger partial charge in [0.05, 0.1) is 26.8 Å². The zero-order valence-corrected chi connectivity index (χ0v) is 22.2. The minimum absolute atomic E-state index is 0.215. The Morgan fingerprint density at radius 1 is 1.03 bits per heavy atom. The molecule has 0 saturated carbocycles. The van der Waals surface area contributed by atoms with E-state index >= 15 is 0 Å². The molecule has 4 bridgehead atoms. The number of carbonyl (C=O) groups is 3. The molecule has 0 unspecified atom stereocenters. The van der Waals surface area contributed by atoms with E-state index in [9.17, 15) is 14.4 Å². The van der Waals surface area contributed by atoms with Crippen LogP contribution < -0.4 is 29.6 Å². The summed E-state index contributed by atoms with van der Waals surface area (Å²) in [6.45, 7) is 3.82. The molecule has 0 radical (unpaired) electrons. The third-order valence-electron chi connectivity index (χ3n) is 6.67. The van der Waals surface area contributed by atoms with Crippen LogP contribution in [0.15, 0.2) is 36.4 Å². The van der Waals surface area contributed by atoms with Gasteiger partial charge in [0, 0.05) is 43.5 Å². The van der Waals surface area contributed by atoms with Gasteiger partial charge in [-0.2, -0.15) is 0 Å². The lowest BCUT2D eigenvalue weighted by Gasteiger charge is -2.27. The van der Waals surface area contributed by atoms with E-state index in [1.165, 1.54) is 27.4 Å². The van der Waals surface area contributed by atoms with Gasteiger partial charge in [0.25, 0.3) is 17.7 Å². The smallest absolute Gasteiger partial charge is 0.258 e. The number of nitrogens with zero attached hydrogens (tertiary/aromatic N) is 1.